The summed E-state index contributed by atoms with van der Waals surface area (Å²) in [6.45, 7) is 3.90. The molecule has 1 aromatic heterocycles. The number of aryl methyl sites for hydroxylation is 1. The fourth-order valence-corrected chi connectivity index (χ4v) is 1.35. The molecule has 0 saturated carbocycles. The number of hydrogen-bond acceptors (Lipinski definition) is 2. The molecule has 1 rings (SSSR count). The van der Waals surface area contributed by atoms with Crippen molar-refractivity contribution in [2.24, 2.45) is 5.73 Å². The van der Waals surface area contributed by atoms with E-state index >= 15 is 0 Å². The average Bonchev–Trinajstić information content (AvgIpc) is 2.66. The number of aromatic nitrogens is 2. The molecule has 0 amide bonds. The lowest BCUT2D eigenvalue weighted by Gasteiger charge is -1.99. The van der Waals surface area contributed by atoms with Crippen molar-refractivity contribution in [3.8, 4) is 11.8 Å². The van der Waals surface area contributed by atoms with Crippen molar-refractivity contribution in [2.45, 2.75) is 39.2 Å². The predicted molar refractivity (Wildman–Crippen MR) is 62.3 cm³/mol. The third kappa shape index (κ3) is 4.18. The largest absolute Gasteiger partial charge is 0.330 e. The van der Waals surface area contributed by atoms with Crippen LogP contribution in [0.5, 0.6) is 0 Å². The lowest BCUT2D eigenvalue weighted by molar-refractivity contribution is 0.670. The van der Waals surface area contributed by atoms with Gasteiger partial charge in [-0.1, -0.05) is 12.8 Å². The number of rotatable bonds is 5. The van der Waals surface area contributed by atoms with Crippen LogP contribution in [-0.4, -0.2) is 16.1 Å². The molecule has 0 atom stereocenters. The zero-order chi connectivity index (χ0) is 10.9. The molecule has 0 saturated heterocycles. The maximum atomic E-state index is 5.40. The molecule has 2 N–H and O–H groups in total. The Balaban J connectivity index is 2.44. The van der Waals surface area contributed by atoms with Crippen LogP contribution in [0.25, 0.3) is 0 Å². The molecule has 0 aliphatic heterocycles. The number of nitrogens with zero attached hydrogens (tertiary/aromatic N) is 2. The molecule has 0 aliphatic rings. The fraction of sp³-hybridized carbons (Fsp3) is 0.583. The zero-order valence-corrected chi connectivity index (χ0v) is 9.37. The van der Waals surface area contributed by atoms with Crippen molar-refractivity contribution < 1.29 is 0 Å². The Hall–Kier alpha value is -1.27. The van der Waals surface area contributed by atoms with Gasteiger partial charge in [0, 0.05) is 25.4 Å². The van der Waals surface area contributed by atoms with Crippen LogP contribution in [0.3, 0.4) is 0 Å². The highest BCUT2D eigenvalue weighted by Crippen LogP contribution is 1.98. The standard InChI is InChI=1S/C12H19N3/c1-2-10-15-11-9-14-12(15)7-5-3-4-6-8-13/h9,11H,2-4,6,8,10,13H2,1H3. The summed E-state index contributed by atoms with van der Waals surface area (Å²) in [7, 11) is 0. The molecule has 0 bridgehead atoms. The number of hydrogen-bond donors (Lipinski definition) is 1. The topological polar surface area (TPSA) is 43.8 Å². The van der Waals surface area contributed by atoms with Gasteiger partial charge in [0.2, 0.25) is 0 Å². The minimum Gasteiger partial charge on any atom is -0.330 e. The van der Waals surface area contributed by atoms with Crippen molar-refractivity contribution in [2.75, 3.05) is 6.54 Å². The van der Waals surface area contributed by atoms with Gasteiger partial charge in [0.1, 0.15) is 0 Å². The van der Waals surface area contributed by atoms with Gasteiger partial charge >= 0.3 is 0 Å². The van der Waals surface area contributed by atoms with Crippen molar-refractivity contribution in [3.63, 3.8) is 0 Å². The van der Waals surface area contributed by atoms with Crippen molar-refractivity contribution in [1.82, 2.24) is 9.55 Å². The quantitative estimate of drug-likeness (QED) is 0.588. The maximum absolute atomic E-state index is 5.40. The van der Waals surface area contributed by atoms with Crippen LogP contribution in [0.4, 0.5) is 0 Å². The Morgan fingerprint density at radius 1 is 1.47 bits per heavy atom. The van der Waals surface area contributed by atoms with Gasteiger partial charge in [0.15, 0.2) is 5.82 Å². The van der Waals surface area contributed by atoms with Gasteiger partial charge in [-0.3, -0.25) is 0 Å². The first-order valence-electron chi connectivity index (χ1n) is 5.58. The fourth-order valence-electron chi connectivity index (χ4n) is 1.35. The summed E-state index contributed by atoms with van der Waals surface area (Å²) in [5.74, 6) is 7.11. The third-order valence-corrected chi connectivity index (χ3v) is 2.14. The van der Waals surface area contributed by atoms with Crippen molar-refractivity contribution >= 4 is 0 Å². The van der Waals surface area contributed by atoms with Gasteiger partial charge in [-0.25, -0.2) is 4.98 Å². The lowest BCUT2D eigenvalue weighted by Crippen LogP contribution is -1.98. The highest BCUT2D eigenvalue weighted by molar-refractivity contribution is 5.21. The van der Waals surface area contributed by atoms with Gasteiger partial charge in [-0.05, 0) is 31.7 Å². The SMILES string of the molecule is CCCn1ccnc1C#CCCCCN. The Morgan fingerprint density at radius 2 is 2.33 bits per heavy atom. The Labute approximate surface area is 91.7 Å². The number of imidazole rings is 1. The molecule has 0 spiro atoms. The molecule has 0 aliphatic carbocycles. The molecule has 15 heavy (non-hydrogen) atoms. The molecule has 82 valence electrons. The molecule has 0 unspecified atom stereocenters. The zero-order valence-electron chi connectivity index (χ0n) is 9.37. The molecule has 0 fully saturated rings. The van der Waals surface area contributed by atoms with E-state index in [-0.39, 0.29) is 0 Å². The summed E-state index contributed by atoms with van der Waals surface area (Å²) in [5.41, 5.74) is 5.40. The molecular weight excluding hydrogens is 186 g/mol. The van der Waals surface area contributed by atoms with E-state index in [4.69, 9.17) is 5.73 Å². The monoisotopic (exact) mass is 205 g/mol. The van der Waals surface area contributed by atoms with Gasteiger partial charge in [0.05, 0.1) is 0 Å². The molecular formula is C12H19N3. The van der Waals surface area contributed by atoms with Gasteiger partial charge in [0.25, 0.3) is 0 Å². The highest BCUT2D eigenvalue weighted by Gasteiger charge is 1.96. The van der Waals surface area contributed by atoms with Crippen LogP contribution in [-0.2, 0) is 6.54 Å². The smallest absolute Gasteiger partial charge is 0.185 e. The van der Waals surface area contributed by atoms with Gasteiger partial charge in [-0.2, -0.15) is 0 Å². The van der Waals surface area contributed by atoms with Gasteiger partial charge < -0.3 is 10.3 Å². The lowest BCUT2D eigenvalue weighted by atomic mass is 10.2. The van der Waals surface area contributed by atoms with Crippen LogP contribution < -0.4 is 5.73 Å². The predicted octanol–water partition coefficient (Wildman–Crippen LogP) is 1.77. The highest BCUT2D eigenvalue weighted by atomic mass is 15.0. The maximum Gasteiger partial charge on any atom is 0.185 e. The molecule has 3 nitrogen and oxygen atoms in total. The first-order chi connectivity index (χ1) is 7.38. The Morgan fingerprint density at radius 3 is 3.07 bits per heavy atom. The van der Waals surface area contributed by atoms with E-state index in [9.17, 15) is 0 Å². The Bertz CT molecular complexity index is 330. The molecule has 1 heterocycles. The normalized spacial score (nSPS) is 9.73. The molecule has 3 heteroatoms. The summed E-state index contributed by atoms with van der Waals surface area (Å²) in [4.78, 5) is 4.22. The van der Waals surface area contributed by atoms with E-state index in [2.05, 4.69) is 28.3 Å². The second-order valence-corrected chi connectivity index (χ2v) is 3.49. The summed E-state index contributed by atoms with van der Waals surface area (Å²) < 4.78 is 2.09. The number of unbranched alkanes of at least 4 members (excludes halogenated alkanes) is 2. The first kappa shape index (κ1) is 11.8. The van der Waals surface area contributed by atoms with Crippen molar-refractivity contribution in [1.29, 1.82) is 0 Å². The summed E-state index contributed by atoms with van der Waals surface area (Å²) >= 11 is 0. The van der Waals surface area contributed by atoms with Crippen LogP contribution in [0.15, 0.2) is 12.4 Å². The van der Waals surface area contributed by atoms with E-state index in [1.165, 1.54) is 0 Å². The molecule has 0 radical (unpaired) electrons. The minimum absolute atomic E-state index is 0.756. The van der Waals surface area contributed by atoms with E-state index in [0.717, 1.165) is 44.6 Å². The van der Waals surface area contributed by atoms with Crippen LogP contribution in [0.2, 0.25) is 0 Å². The van der Waals surface area contributed by atoms with E-state index in [1.54, 1.807) is 6.20 Å². The minimum atomic E-state index is 0.756. The van der Waals surface area contributed by atoms with E-state index < -0.39 is 0 Å². The second-order valence-electron chi connectivity index (χ2n) is 3.49. The van der Waals surface area contributed by atoms with Crippen LogP contribution in [0.1, 0.15) is 38.4 Å². The molecule has 0 aromatic carbocycles. The van der Waals surface area contributed by atoms with Crippen LogP contribution in [0, 0.1) is 11.8 Å². The first-order valence-corrected chi connectivity index (χ1v) is 5.58. The average molecular weight is 205 g/mol. The third-order valence-electron chi connectivity index (χ3n) is 2.14. The molecule has 1 aromatic rings. The second kappa shape index (κ2) is 7.08. The summed E-state index contributed by atoms with van der Waals surface area (Å²) in [6.07, 6.45) is 7.94. The van der Waals surface area contributed by atoms with Gasteiger partial charge in [-0.15, -0.1) is 0 Å². The van der Waals surface area contributed by atoms with Crippen LogP contribution >= 0.6 is 0 Å². The number of nitrogens with two attached hydrogens (primary N) is 1. The van der Waals surface area contributed by atoms with E-state index in [1.807, 2.05) is 6.20 Å². The Kier molecular flexibility index (Phi) is 5.57. The summed E-state index contributed by atoms with van der Waals surface area (Å²) in [5, 5.41) is 0. The van der Waals surface area contributed by atoms with Crippen molar-refractivity contribution in [3.05, 3.63) is 18.2 Å². The summed E-state index contributed by atoms with van der Waals surface area (Å²) in [6, 6.07) is 0. The van der Waals surface area contributed by atoms with E-state index in [0.29, 0.717) is 0 Å².